The number of nitrogens with zero attached hydrogens (tertiary/aromatic N) is 2. The van der Waals surface area contributed by atoms with Gasteiger partial charge in [0.05, 0.1) is 5.69 Å². The largest absolute Gasteiger partial charge is 0.385 e. The molecule has 1 aliphatic rings. The van der Waals surface area contributed by atoms with Crippen molar-refractivity contribution in [3.05, 3.63) is 42.6 Å². The summed E-state index contributed by atoms with van der Waals surface area (Å²) < 4.78 is 0. The first-order chi connectivity index (χ1) is 10.2. The lowest BCUT2D eigenvalue weighted by atomic mass is 10.1. The Morgan fingerprint density at radius 3 is 2.76 bits per heavy atom. The summed E-state index contributed by atoms with van der Waals surface area (Å²) in [5.74, 6) is 0.804. The number of para-hydroxylation sites is 1. The van der Waals surface area contributed by atoms with Crippen LogP contribution in [0, 0.1) is 5.92 Å². The number of hydrogen-bond donors (Lipinski definition) is 1. The number of hydrogen-bond acceptors (Lipinski definition) is 5. The molecule has 0 aliphatic carbocycles. The van der Waals surface area contributed by atoms with E-state index in [1.807, 2.05) is 36.4 Å². The van der Waals surface area contributed by atoms with Gasteiger partial charge < -0.3 is 5.73 Å². The Morgan fingerprint density at radius 2 is 2.10 bits per heavy atom. The molecule has 0 aromatic heterocycles. The van der Waals surface area contributed by atoms with Crippen molar-refractivity contribution in [2.24, 2.45) is 16.8 Å². The molecule has 0 saturated heterocycles. The van der Waals surface area contributed by atoms with Gasteiger partial charge in [0.1, 0.15) is 11.8 Å². The molecule has 1 heterocycles. The second kappa shape index (κ2) is 7.88. The summed E-state index contributed by atoms with van der Waals surface area (Å²) in [6, 6.07) is 9.72. The van der Waals surface area contributed by atoms with Gasteiger partial charge in [0.2, 0.25) is 5.12 Å². The zero-order valence-corrected chi connectivity index (χ0v) is 13.1. The summed E-state index contributed by atoms with van der Waals surface area (Å²) in [5.41, 5.74) is 6.89. The maximum Gasteiger partial charge on any atom is 0.203 e. The Bertz CT molecular complexity index is 528. The van der Waals surface area contributed by atoms with E-state index in [0.717, 1.165) is 30.7 Å². The highest BCUT2D eigenvalue weighted by Crippen LogP contribution is 2.22. The van der Waals surface area contributed by atoms with Gasteiger partial charge in [-0.25, -0.2) is 5.01 Å². The molecule has 2 rings (SSSR count). The number of amidine groups is 1. The van der Waals surface area contributed by atoms with Gasteiger partial charge in [0, 0.05) is 12.0 Å². The Kier molecular flexibility index (Phi) is 5.87. The fraction of sp³-hybridized carbons (Fsp3) is 0.375. The molecule has 4 nitrogen and oxygen atoms in total. The van der Waals surface area contributed by atoms with Crippen molar-refractivity contribution in [3.8, 4) is 0 Å². The van der Waals surface area contributed by atoms with Crippen molar-refractivity contribution in [1.82, 2.24) is 0 Å². The molecule has 1 unspecified atom stereocenters. The molecule has 21 heavy (non-hydrogen) atoms. The molecule has 0 bridgehead atoms. The van der Waals surface area contributed by atoms with E-state index < -0.39 is 5.92 Å². The van der Waals surface area contributed by atoms with Crippen molar-refractivity contribution in [1.29, 1.82) is 0 Å². The minimum Gasteiger partial charge on any atom is -0.385 e. The van der Waals surface area contributed by atoms with Crippen molar-refractivity contribution >= 4 is 28.4 Å². The van der Waals surface area contributed by atoms with E-state index in [2.05, 4.69) is 12.0 Å². The van der Waals surface area contributed by atoms with Crippen LogP contribution in [0.2, 0.25) is 0 Å². The minimum absolute atomic E-state index is 0.0799. The molecular weight excluding hydrogens is 282 g/mol. The quantitative estimate of drug-likeness (QED) is 0.819. The maximum absolute atomic E-state index is 12.1. The predicted molar refractivity (Wildman–Crippen MR) is 90.2 cm³/mol. The van der Waals surface area contributed by atoms with Gasteiger partial charge in [0.15, 0.2) is 0 Å². The molecule has 5 heteroatoms. The van der Waals surface area contributed by atoms with Gasteiger partial charge >= 0.3 is 0 Å². The Balaban J connectivity index is 1.94. The Hall–Kier alpha value is -1.75. The summed E-state index contributed by atoms with van der Waals surface area (Å²) in [6.07, 6.45) is 7.02. The lowest BCUT2D eigenvalue weighted by molar-refractivity contribution is -0.111. The first kappa shape index (κ1) is 15.6. The van der Waals surface area contributed by atoms with Crippen LogP contribution >= 0.6 is 11.8 Å². The van der Waals surface area contributed by atoms with Gasteiger partial charge in [-0.15, -0.1) is 0 Å². The number of hydrazone groups is 1. The standard InChI is InChI=1S/C16H21N3OS/c1-2-3-7-12-21-16(20)14-10-11-19(18-15(14)17)13-8-5-4-6-9-13/h4-6,8-11,14H,2-3,7,12H2,1H3,(H2,17,18). The van der Waals surface area contributed by atoms with Crippen LogP contribution < -0.4 is 10.7 Å². The molecule has 0 radical (unpaired) electrons. The van der Waals surface area contributed by atoms with Crippen LogP contribution in [0.25, 0.3) is 0 Å². The second-order valence-electron chi connectivity index (χ2n) is 4.90. The normalized spacial score (nSPS) is 17.7. The van der Waals surface area contributed by atoms with E-state index >= 15 is 0 Å². The first-order valence-electron chi connectivity index (χ1n) is 7.25. The van der Waals surface area contributed by atoms with Crippen molar-refractivity contribution in [2.75, 3.05) is 10.8 Å². The Morgan fingerprint density at radius 1 is 1.33 bits per heavy atom. The summed E-state index contributed by atoms with van der Waals surface area (Å²) in [6.45, 7) is 2.15. The number of carbonyl (C=O) groups excluding carboxylic acids is 1. The van der Waals surface area contributed by atoms with E-state index in [-0.39, 0.29) is 5.12 Å². The lowest BCUT2D eigenvalue weighted by Gasteiger charge is -2.22. The molecule has 1 aliphatic heterocycles. The number of rotatable bonds is 6. The van der Waals surface area contributed by atoms with Crippen LogP contribution in [0.15, 0.2) is 47.7 Å². The van der Waals surface area contributed by atoms with Gasteiger partial charge in [-0.1, -0.05) is 49.7 Å². The zero-order valence-electron chi connectivity index (χ0n) is 12.2. The molecule has 0 saturated carbocycles. The molecule has 0 fully saturated rings. The fourth-order valence-electron chi connectivity index (χ4n) is 2.02. The number of unbranched alkanes of at least 4 members (excludes halogenated alkanes) is 2. The third kappa shape index (κ3) is 4.36. The third-order valence-corrected chi connectivity index (χ3v) is 4.26. The summed E-state index contributed by atoms with van der Waals surface area (Å²) in [7, 11) is 0. The summed E-state index contributed by atoms with van der Waals surface area (Å²) in [4.78, 5) is 12.1. The number of carbonyl (C=O) groups is 1. The van der Waals surface area contributed by atoms with Crippen LogP contribution in [-0.4, -0.2) is 16.7 Å². The fourth-order valence-corrected chi connectivity index (χ4v) is 2.95. The molecule has 112 valence electrons. The van der Waals surface area contributed by atoms with Gasteiger partial charge in [0.25, 0.3) is 0 Å². The van der Waals surface area contributed by atoms with Crippen LogP contribution in [0.1, 0.15) is 26.2 Å². The van der Waals surface area contributed by atoms with Crippen molar-refractivity contribution < 1.29 is 4.79 Å². The van der Waals surface area contributed by atoms with Crippen LogP contribution in [0.5, 0.6) is 0 Å². The minimum atomic E-state index is -0.406. The van der Waals surface area contributed by atoms with Crippen molar-refractivity contribution in [3.63, 3.8) is 0 Å². The molecule has 1 aromatic rings. The molecule has 1 aromatic carbocycles. The van der Waals surface area contributed by atoms with Crippen molar-refractivity contribution in [2.45, 2.75) is 26.2 Å². The molecule has 1 atom stereocenters. The van der Waals surface area contributed by atoms with E-state index in [1.54, 1.807) is 11.2 Å². The maximum atomic E-state index is 12.1. The lowest BCUT2D eigenvalue weighted by Crippen LogP contribution is -2.33. The first-order valence-corrected chi connectivity index (χ1v) is 8.24. The molecule has 2 N–H and O–H groups in total. The zero-order chi connectivity index (χ0) is 15.1. The van der Waals surface area contributed by atoms with Gasteiger partial charge in [-0.2, -0.15) is 5.10 Å². The molecular formula is C16H21N3OS. The number of thioether (sulfide) groups is 1. The van der Waals surface area contributed by atoms with Gasteiger partial charge in [-0.05, 0) is 24.6 Å². The highest BCUT2D eigenvalue weighted by Gasteiger charge is 2.24. The van der Waals surface area contributed by atoms with E-state index in [4.69, 9.17) is 5.73 Å². The van der Waals surface area contributed by atoms with Crippen LogP contribution in [0.4, 0.5) is 5.69 Å². The SMILES string of the molecule is CCCCCSC(=O)C1C=CN(c2ccccc2)N=C1N. The van der Waals surface area contributed by atoms with E-state index in [9.17, 15) is 4.79 Å². The monoisotopic (exact) mass is 303 g/mol. The number of nitrogens with two attached hydrogens (primary N) is 1. The highest BCUT2D eigenvalue weighted by molar-refractivity contribution is 8.13. The number of benzene rings is 1. The topological polar surface area (TPSA) is 58.7 Å². The van der Waals surface area contributed by atoms with E-state index in [0.29, 0.717) is 5.84 Å². The van der Waals surface area contributed by atoms with Crippen LogP contribution in [-0.2, 0) is 4.79 Å². The van der Waals surface area contributed by atoms with E-state index in [1.165, 1.54) is 11.8 Å². The molecule has 0 spiro atoms. The summed E-state index contributed by atoms with van der Waals surface area (Å²) >= 11 is 1.35. The smallest absolute Gasteiger partial charge is 0.203 e. The van der Waals surface area contributed by atoms with Gasteiger partial charge in [-0.3, -0.25) is 4.79 Å². The average Bonchev–Trinajstić information content (AvgIpc) is 2.52. The predicted octanol–water partition coefficient (Wildman–Crippen LogP) is 3.36. The summed E-state index contributed by atoms with van der Waals surface area (Å²) in [5, 5.41) is 6.08. The number of anilines is 1. The highest BCUT2D eigenvalue weighted by atomic mass is 32.2. The van der Waals surface area contributed by atoms with Crippen LogP contribution in [0.3, 0.4) is 0 Å². The average molecular weight is 303 g/mol. The second-order valence-corrected chi connectivity index (χ2v) is 6.00. The molecule has 0 amide bonds. The Labute approximate surface area is 130 Å². The third-order valence-electron chi connectivity index (χ3n) is 3.23.